The van der Waals surface area contributed by atoms with Gasteiger partial charge in [-0.1, -0.05) is 141 Å². The standard InChI is InChI=1S/C41H74O6/c1-4-6-8-10-12-14-16-18-20-22-24-26-28-30-32-34-40(43)46-37-39(36-45-38(3)42)47-41(44)35-33-31-29-27-25-23-21-19-17-15-13-11-9-7-5-2/h18-21,39H,4-17,22-37H2,1-3H3/b20-18-,21-19-/t39-/m0/s1. The van der Waals surface area contributed by atoms with Crippen LogP contribution in [0.25, 0.3) is 0 Å². The molecule has 1 atom stereocenters. The van der Waals surface area contributed by atoms with Gasteiger partial charge in [0.05, 0.1) is 0 Å². The maximum atomic E-state index is 12.4. The van der Waals surface area contributed by atoms with Crippen molar-refractivity contribution in [2.75, 3.05) is 13.2 Å². The third-order valence-electron chi connectivity index (χ3n) is 8.49. The Labute approximate surface area is 290 Å². The Morgan fingerprint density at radius 3 is 1.19 bits per heavy atom. The average molecular weight is 663 g/mol. The summed E-state index contributed by atoms with van der Waals surface area (Å²) in [6.45, 7) is 5.63. The molecule has 0 aliphatic heterocycles. The zero-order valence-corrected chi connectivity index (χ0v) is 31.0. The molecule has 0 rings (SSSR count). The Bertz CT molecular complexity index is 774. The highest BCUT2D eigenvalue weighted by atomic mass is 16.6. The fourth-order valence-electron chi connectivity index (χ4n) is 5.51. The van der Waals surface area contributed by atoms with Crippen LogP contribution < -0.4 is 0 Å². The van der Waals surface area contributed by atoms with E-state index in [2.05, 4.69) is 38.2 Å². The number of allylic oxidation sites excluding steroid dienone is 4. The second-order valence-corrected chi connectivity index (χ2v) is 13.3. The predicted octanol–water partition coefficient (Wildman–Crippen LogP) is 12.1. The van der Waals surface area contributed by atoms with Crippen LogP contribution in [0.1, 0.15) is 201 Å². The van der Waals surface area contributed by atoms with Crippen LogP contribution in [0.3, 0.4) is 0 Å². The Morgan fingerprint density at radius 1 is 0.447 bits per heavy atom. The van der Waals surface area contributed by atoms with Crippen molar-refractivity contribution < 1.29 is 28.6 Å². The molecule has 0 aliphatic rings. The van der Waals surface area contributed by atoms with Crippen molar-refractivity contribution in [3.05, 3.63) is 24.3 Å². The summed E-state index contributed by atoms with van der Waals surface area (Å²) in [5, 5.41) is 0. The summed E-state index contributed by atoms with van der Waals surface area (Å²) in [6.07, 6.45) is 40.5. The number of rotatable bonds is 35. The number of carbonyl (C=O) groups excluding carboxylic acids is 3. The Morgan fingerprint density at radius 2 is 0.787 bits per heavy atom. The topological polar surface area (TPSA) is 78.9 Å². The molecule has 0 fully saturated rings. The van der Waals surface area contributed by atoms with Crippen molar-refractivity contribution in [3.8, 4) is 0 Å². The van der Waals surface area contributed by atoms with E-state index in [0.29, 0.717) is 12.8 Å². The fraction of sp³-hybridized carbons (Fsp3) is 0.829. The van der Waals surface area contributed by atoms with Gasteiger partial charge in [0.1, 0.15) is 13.2 Å². The molecule has 274 valence electrons. The minimum atomic E-state index is -0.771. The first-order valence-electron chi connectivity index (χ1n) is 19.8. The van der Waals surface area contributed by atoms with E-state index >= 15 is 0 Å². The molecule has 0 amide bonds. The van der Waals surface area contributed by atoms with Crippen molar-refractivity contribution in [2.24, 2.45) is 0 Å². The van der Waals surface area contributed by atoms with Gasteiger partial charge in [-0.25, -0.2) is 0 Å². The highest BCUT2D eigenvalue weighted by Crippen LogP contribution is 2.13. The predicted molar refractivity (Wildman–Crippen MR) is 196 cm³/mol. The van der Waals surface area contributed by atoms with E-state index in [4.69, 9.17) is 14.2 Å². The molecule has 0 aliphatic carbocycles. The van der Waals surface area contributed by atoms with Crippen molar-refractivity contribution in [1.82, 2.24) is 0 Å². The first-order chi connectivity index (χ1) is 23.0. The molecule has 0 heterocycles. The molecule has 0 aromatic heterocycles. The summed E-state index contributed by atoms with van der Waals surface area (Å²) in [4.78, 5) is 35.9. The molecule has 0 N–H and O–H groups in total. The Hall–Kier alpha value is -2.11. The molecular weight excluding hydrogens is 588 g/mol. The van der Waals surface area contributed by atoms with Crippen LogP contribution in [0.4, 0.5) is 0 Å². The van der Waals surface area contributed by atoms with Crippen LogP contribution in [0.5, 0.6) is 0 Å². The molecule has 0 spiro atoms. The van der Waals surface area contributed by atoms with Crippen molar-refractivity contribution in [1.29, 1.82) is 0 Å². The molecule has 6 heteroatoms. The van der Waals surface area contributed by atoms with Crippen LogP contribution in [0.15, 0.2) is 24.3 Å². The minimum absolute atomic E-state index is 0.0880. The first kappa shape index (κ1) is 44.9. The molecule has 0 radical (unpaired) electrons. The van der Waals surface area contributed by atoms with Gasteiger partial charge in [-0.05, 0) is 64.2 Å². The van der Waals surface area contributed by atoms with Gasteiger partial charge in [-0.2, -0.15) is 0 Å². The lowest BCUT2D eigenvalue weighted by molar-refractivity contribution is -0.166. The molecule has 0 saturated carbocycles. The molecule has 0 bridgehead atoms. The zero-order chi connectivity index (χ0) is 34.5. The number of hydrogen-bond acceptors (Lipinski definition) is 6. The van der Waals surface area contributed by atoms with E-state index in [0.717, 1.165) is 57.8 Å². The smallest absolute Gasteiger partial charge is 0.306 e. The largest absolute Gasteiger partial charge is 0.462 e. The normalized spacial score (nSPS) is 12.1. The Balaban J connectivity index is 3.87. The zero-order valence-electron chi connectivity index (χ0n) is 31.0. The van der Waals surface area contributed by atoms with Gasteiger partial charge in [0.15, 0.2) is 6.10 Å². The van der Waals surface area contributed by atoms with E-state index < -0.39 is 12.1 Å². The quantitative estimate of drug-likeness (QED) is 0.0291. The van der Waals surface area contributed by atoms with Crippen LogP contribution >= 0.6 is 0 Å². The monoisotopic (exact) mass is 663 g/mol. The molecular formula is C41H74O6. The second-order valence-electron chi connectivity index (χ2n) is 13.3. The Kier molecular flexibility index (Phi) is 35.1. The van der Waals surface area contributed by atoms with Crippen molar-refractivity contribution in [3.63, 3.8) is 0 Å². The summed E-state index contributed by atoms with van der Waals surface area (Å²) in [7, 11) is 0. The van der Waals surface area contributed by atoms with Crippen molar-refractivity contribution in [2.45, 2.75) is 207 Å². The first-order valence-corrected chi connectivity index (χ1v) is 19.8. The summed E-state index contributed by atoms with van der Waals surface area (Å²) < 4.78 is 15.9. The summed E-state index contributed by atoms with van der Waals surface area (Å²) in [5.74, 6) is -1.10. The molecule has 0 aromatic carbocycles. The van der Waals surface area contributed by atoms with Gasteiger partial charge in [0.25, 0.3) is 0 Å². The molecule has 6 nitrogen and oxygen atoms in total. The van der Waals surface area contributed by atoms with E-state index in [9.17, 15) is 14.4 Å². The fourth-order valence-corrected chi connectivity index (χ4v) is 5.51. The lowest BCUT2D eigenvalue weighted by Gasteiger charge is -2.17. The minimum Gasteiger partial charge on any atom is -0.462 e. The van der Waals surface area contributed by atoms with E-state index in [1.807, 2.05) is 0 Å². The number of unbranched alkanes of at least 4 members (excludes halogenated alkanes) is 22. The molecule has 0 saturated heterocycles. The highest BCUT2D eigenvalue weighted by molar-refractivity contribution is 5.70. The van der Waals surface area contributed by atoms with Gasteiger partial charge in [-0.3, -0.25) is 14.4 Å². The summed E-state index contributed by atoms with van der Waals surface area (Å²) >= 11 is 0. The number of carbonyl (C=O) groups is 3. The van der Waals surface area contributed by atoms with Crippen LogP contribution in [-0.4, -0.2) is 37.2 Å². The van der Waals surface area contributed by atoms with E-state index in [1.54, 1.807) is 0 Å². The molecule has 47 heavy (non-hydrogen) atoms. The van der Waals surface area contributed by atoms with Gasteiger partial charge < -0.3 is 14.2 Å². The lowest BCUT2D eigenvalue weighted by Crippen LogP contribution is -2.30. The van der Waals surface area contributed by atoms with Gasteiger partial charge in [0.2, 0.25) is 0 Å². The molecule has 0 aromatic rings. The number of esters is 3. The van der Waals surface area contributed by atoms with Crippen molar-refractivity contribution >= 4 is 17.9 Å². The van der Waals surface area contributed by atoms with Gasteiger partial charge >= 0.3 is 17.9 Å². The average Bonchev–Trinajstić information content (AvgIpc) is 3.05. The number of hydrogen-bond donors (Lipinski definition) is 0. The third kappa shape index (κ3) is 36.6. The summed E-state index contributed by atoms with van der Waals surface area (Å²) in [6, 6.07) is 0. The second kappa shape index (κ2) is 36.7. The maximum Gasteiger partial charge on any atom is 0.306 e. The van der Waals surface area contributed by atoms with E-state index in [1.165, 1.54) is 116 Å². The SMILES string of the molecule is CCCCCCCC/C=C\CCCCCCCC(=O)OC[C@H](COC(C)=O)OC(=O)CCCCCCC/C=C\CCCCCCCC. The third-order valence-corrected chi connectivity index (χ3v) is 8.49. The highest BCUT2D eigenvalue weighted by Gasteiger charge is 2.18. The number of ether oxygens (including phenoxy) is 3. The van der Waals surface area contributed by atoms with Gasteiger partial charge in [-0.15, -0.1) is 0 Å². The molecule has 0 unspecified atom stereocenters. The van der Waals surface area contributed by atoms with Crippen LogP contribution in [0.2, 0.25) is 0 Å². The van der Waals surface area contributed by atoms with Crippen LogP contribution in [-0.2, 0) is 28.6 Å². The summed E-state index contributed by atoms with van der Waals surface area (Å²) in [5.41, 5.74) is 0. The maximum absolute atomic E-state index is 12.4. The van der Waals surface area contributed by atoms with Gasteiger partial charge in [0, 0.05) is 19.8 Å². The lowest BCUT2D eigenvalue weighted by atomic mass is 10.1. The van der Waals surface area contributed by atoms with Crippen LogP contribution in [0, 0.1) is 0 Å². The van der Waals surface area contributed by atoms with E-state index in [-0.39, 0.29) is 25.2 Å².